The number of benzene rings is 1. The van der Waals surface area contributed by atoms with E-state index in [2.05, 4.69) is 5.32 Å². The molecule has 1 saturated carbocycles. The highest BCUT2D eigenvalue weighted by molar-refractivity contribution is 6.34. The lowest BCUT2D eigenvalue weighted by Gasteiger charge is -2.14. The van der Waals surface area contributed by atoms with Gasteiger partial charge in [-0.25, -0.2) is 4.79 Å². The average Bonchev–Trinajstić information content (AvgIpc) is 3.34. The van der Waals surface area contributed by atoms with Gasteiger partial charge in [-0.1, -0.05) is 11.6 Å². The summed E-state index contributed by atoms with van der Waals surface area (Å²) in [6.45, 7) is 1.88. The van der Waals surface area contributed by atoms with Gasteiger partial charge in [0.15, 0.2) is 0 Å². The number of amides is 1. The number of fused-ring (bicyclic) bond motifs is 1. The first kappa shape index (κ1) is 15.6. The zero-order chi connectivity index (χ0) is 16.6. The molecule has 23 heavy (non-hydrogen) atoms. The van der Waals surface area contributed by atoms with E-state index in [1.165, 1.54) is 6.07 Å². The van der Waals surface area contributed by atoms with Crippen LogP contribution in [0.3, 0.4) is 0 Å². The highest BCUT2D eigenvalue weighted by atomic mass is 35.5. The Morgan fingerprint density at radius 1 is 1.48 bits per heavy atom. The number of anilines is 1. The fourth-order valence-corrected chi connectivity index (χ4v) is 2.77. The molecule has 1 N–H and O–H groups in total. The summed E-state index contributed by atoms with van der Waals surface area (Å²) < 4.78 is 6.85. The number of rotatable bonds is 5. The van der Waals surface area contributed by atoms with Crippen LogP contribution in [0.5, 0.6) is 0 Å². The van der Waals surface area contributed by atoms with E-state index in [9.17, 15) is 14.4 Å². The first-order chi connectivity index (χ1) is 11.1. The molecule has 0 aliphatic heterocycles. The Labute approximate surface area is 137 Å². The zero-order valence-corrected chi connectivity index (χ0v) is 13.2. The molecule has 1 aliphatic carbocycles. The quantitative estimate of drug-likeness (QED) is 0.673. The Morgan fingerprint density at radius 3 is 2.83 bits per heavy atom. The molecule has 2 aromatic rings. The van der Waals surface area contributed by atoms with Crippen molar-refractivity contribution in [1.29, 1.82) is 0 Å². The largest absolute Gasteiger partial charge is 0.462 e. The Hall–Kier alpha value is -2.34. The molecule has 0 spiro atoms. The molecule has 6 nitrogen and oxygen atoms in total. The molecular weight excluding hydrogens is 320 g/mol. The number of halogens is 1. The van der Waals surface area contributed by atoms with E-state index in [4.69, 9.17) is 16.3 Å². The topological polar surface area (TPSA) is 77.4 Å². The van der Waals surface area contributed by atoms with Crippen LogP contribution in [0.1, 0.15) is 36.2 Å². The predicted octanol–water partition coefficient (Wildman–Crippen LogP) is 2.73. The maximum atomic E-state index is 12.6. The van der Waals surface area contributed by atoms with Crippen LogP contribution in [0, 0.1) is 0 Å². The first-order valence-corrected chi connectivity index (χ1v) is 7.70. The minimum absolute atomic E-state index is 0.00868. The summed E-state index contributed by atoms with van der Waals surface area (Å²) in [4.78, 5) is 35.3. The van der Waals surface area contributed by atoms with E-state index in [0.717, 1.165) is 12.8 Å². The zero-order valence-electron chi connectivity index (χ0n) is 12.5. The summed E-state index contributed by atoms with van der Waals surface area (Å²) in [5.74, 6) is -0.645. The highest BCUT2D eigenvalue weighted by Gasteiger charge is 2.27. The van der Waals surface area contributed by atoms with Gasteiger partial charge >= 0.3 is 5.97 Å². The van der Waals surface area contributed by atoms with Crippen molar-refractivity contribution in [2.75, 3.05) is 11.9 Å². The summed E-state index contributed by atoms with van der Waals surface area (Å²) in [6, 6.07) is 3.38. The molecule has 1 fully saturated rings. The van der Waals surface area contributed by atoms with Crippen molar-refractivity contribution < 1.29 is 14.3 Å². The molecule has 0 radical (unpaired) electrons. The lowest BCUT2D eigenvalue weighted by molar-refractivity contribution is -0.105. The Balaban J connectivity index is 2.29. The molecule has 120 valence electrons. The summed E-state index contributed by atoms with van der Waals surface area (Å²) >= 11 is 6.16. The van der Waals surface area contributed by atoms with E-state index >= 15 is 0 Å². The molecule has 1 amide bonds. The molecule has 1 aromatic heterocycles. The summed E-state index contributed by atoms with van der Waals surface area (Å²) in [5, 5.41) is 3.12. The molecule has 0 saturated heterocycles. The Bertz CT molecular complexity index is 855. The maximum Gasteiger partial charge on any atom is 0.343 e. The molecule has 7 heteroatoms. The molecule has 1 aliphatic rings. The average molecular weight is 335 g/mol. The van der Waals surface area contributed by atoms with Gasteiger partial charge in [-0.2, -0.15) is 0 Å². The van der Waals surface area contributed by atoms with Crippen molar-refractivity contribution >= 4 is 40.6 Å². The van der Waals surface area contributed by atoms with Gasteiger partial charge < -0.3 is 14.6 Å². The van der Waals surface area contributed by atoms with Crippen molar-refractivity contribution in [3.63, 3.8) is 0 Å². The number of hydrogen-bond acceptors (Lipinski definition) is 4. The van der Waals surface area contributed by atoms with Gasteiger partial charge in [-0.05, 0) is 31.9 Å². The lowest BCUT2D eigenvalue weighted by Crippen LogP contribution is -2.21. The van der Waals surface area contributed by atoms with E-state index in [-0.39, 0.29) is 18.2 Å². The van der Waals surface area contributed by atoms with Crippen molar-refractivity contribution in [3.05, 3.63) is 39.1 Å². The van der Waals surface area contributed by atoms with E-state index in [1.807, 2.05) is 4.57 Å². The highest BCUT2D eigenvalue weighted by Crippen LogP contribution is 2.38. The molecule has 0 unspecified atom stereocenters. The van der Waals surface area contributed by atoms with Gasteiger partial charge in [0.2, 0.25) is 11.8 Å². The van der Waals surface area contributed by atoms with Crippen LogP contribution in [-0.2, 0) is 9.53 Å². The summed E-state index contributed by atoms with van der Waals surface area (Å²) in [5.41, 5.74) is 0.535. The Kier molecular flexibility index (Phi) is 4.09. The van der Waals surface area contributed by atoms with Gasteiger partial charge in [0.25, 0.3) is 0 Å². The monoisotopic (exact) mass is 334 g/mol. The van der Waals surface area contributed by atoms with Crippen LogP contribution < -0.4 is 10.7 Å². The lowest BCUT2D eigenvalue weighted by atomic mass is 10.1. The van der Waals surface area contributed by atoms with Crippen LogP contribution in [0.15, 0.2) is 23.1 Å². The van der Waals surface area contributed by atoms with E-state index in [1.54, 1.807) is 19.2 Å². The molecule has 1 aromatic carbocycles. The number of carbonyl (C=O) groups is 2. The minimum atomic E-state index is -0.645. The third-order valence-corrected chi connectivity index (χ3v) is 4.08. The number of hydrogen-bond donors (Lipinski definition) is 1. The molecule has 1 heterocycles. The standard InChI is InChI=1S/C16H15ClN2O4/c1-2-23-16(22)11-7-19(9-3-4-9)14-6-12(17)13(18-8-20)5-10(14)15(11)21/h5-9H,2-4H2,1H3,(H,18,20). The second-order valence-electron chi connectivity index (χ2n) is 5.34. The summed E-state index contributed by atoms with van der Waals surface area (Å²) in [6.07, 6.45) is 3.99. The van der Waals surface area contributed by atoms with Gasteiger partial charge in [0.05, 0.1) is 22.8 Å². The number of pyridine rings is 1. The van der Waals surface area contributed by atoms with Crippen LogP contribution in [0.4, 0.5) is 5.69 Å². The number of ether oxygens (including phenoxy) is 1. The Morgan fingerprint density at radius 2 is 2.22 bits per heavy atom. The van der Waals surface area contributed by atoms with Gasteiger partial charge in [0, 0.05) is 17.6 Å². The SMILES string of the molecule is CCOC(=O)c1cn(C2CC2)c2cc(Cl)c(NC=O)cc2c1=O. The second-order valence-corrected chi connectivity index (χ2v) is 5.75. The fourth-order valence-electron chi connectivity index (χ4n) is 2.55. The second kappa shape index (κ2) is 6.04. The van der Waals surface area contributed by atoms with Crippen molar-refractivity contribution in [1.82, 2.24) is 4.57 Å². The summed E-state index contributed by atoms with van der Waals surface area (Å²) in [7, 11) is 0. The van der Waals surface area contributed by atoms with E-state index < -0.39 is 11.4 Å². The number of nitrogens with one attached hydrogen (secondary N) is 1. The van der Waals surface area contributed by atoms with Gasteiger partial charge in [-0.15, -0.1) is 0 Å². The number of esters is 1. The van der Waals surface area contributed by atoms with Crippen molar-refractivity contribution in [3.8, 4) is 0 Å². The van der Waals surface area contributed by atoms with Crippen LogP contribution >= 0.6 is 11.6 Å². The number of aromatic nitrogens is 1. The third kappa shape index (κ3) is 2.82. The molecule has 0 bridgehead atoms. The van der Waals surface area contributed by atoms with Crippen LogP contribution in [-0.4, -0.2) is 23.6 Å². The maximum absolute atomic E-state index is 12.6. The number of carbonyl (C=O) groups excluding carboxylic acids is 2. The third-order valence-electron chi connectivity index (χ3n) is 3.77. The van der Waals surface area contributed by atoms with Crippen LogP contribution in [0.25, 0.3) is 10.9 Å². The molecular formula is C16H15ClN2O4. The predicted molar refractivity (Wildman–Crippen MR) is 87.1 cm³/mol. The fraction of sp³-hybridized carbons (Fsp3) is 0.312. The van der Waals surface area contributed by atoms with Crippen molar-refractivity contribution in [2.45, 2.75) is 25.8 Å². The van der Waals surface area contributed by atoms with Gasteiger partial charge in [0.1, 0.15) is 5.56 Å². The van der Waals surface area contributed by atoms with Gasteiger partial charge in [-0.3, -0.25) is 9.59 Å². The minimum Gasteiger partial charge on any atom is -0.462 e. The number of nitrogens with zero attached hydrogens (tertiary/aromatic N) is 1. The van der Waals surface area contributed by atoms with E-state index in [0.29, 0.717) is 28.0 Å². The normalized spacial score (nSPS) is 13.8. The van der Waals surface area contributed by atoms with Crippen molar-refractivity contribution in [2.24, 2.45) is 0 Å². The smallest absolute Gasteiger partial charge is 0.343 e. The van der Waals surface area contributed by atoms with Crippen LogP contribution in [0.2, 0.25) is 5.02 Å². The molecule has 3 rings (SSSR count). The first-order valence-electron chi connectivity index (χ1n) is 7.32. The molecule has 0 atom stereocenters.